The van der Waals surface area contributed by atoms with Crippen LogP contribution in [-0.2, 0) is 4.74 Å². The monoisotopic (exact) mass is 255 g/mol. The van der Waals surface area contributed by atoms with E-state index in [4.69, 9.17) is 4.74 Å². The van der Waals surface area contributed by atoms with E-state index in [1.165, 1.54) is 51.4 Å². The lowest BCUT2D eigenvalue weighted by Gasteiger charge is -2.44. The second-order valence-corrected chi connectivity index (χ2v) is 6.06. The van der Waals surface area contributed by atoms with Crippen molar-refractivity contribution in [2.24, 2.45) is 5.92 Å². The van der Waals surface area contributed by atoms with Crippen LogP contribution < -0.4 is 5.32 Å². The molecule has 1 saturated carbocycles. The van der Waals surface area contributed by atoms with E-state index in [0.717, 1.165) is 12.5 Å². The van der Waals surface area contributed by atoms with Crippen LogP contribution in [0.15, 0.2) is 0 Å². The molecule has 0 aromatic rings. The van der Waals surface area contributed by atoms with Crippen LogP contribution in [0.1, 0.15) is 72.1 Å². The molecule has 0 radical (unpaired) electrons. The smallest absolute Gasteiger partial charge is 0.0831 e. The third-order valence-electron chi connectivity index (χ3n) is 4.71. The lowest BCUT2D eigenvalue weighted by atomic mass is 9.74. The standard InChI is InChI=1S/C16H33NO/c1-5-7-8-9-15(17-6-2)16(18-4)12-10-14(3)11-13-16/h14-15,17H,5-13H2,1-4H3. The number of rotatable bonds is 8. The summed E-state index contributed by atoms with van der Waals surface area (Å²) in [5.74, 6) is 0.881. The number of hydrogen-bond donors (Lipinski definition) is 1. The van der Waals surface area contributed by atoms with E-state index in [1.807, 2.05) is 7.11 Å². The molecule has 0 aliphatic heterocycles. The van der Waals surface area contributed by atoms with E-state index in [-0.39, 0.29) is 5.60 Å². The Morgan fingerprint density at radius 3 is 2.39 bits per heavy atom. The summed E-state index contributed by atoms with van der Waals surface area (Å²) in [4.78, 5) is 0. The van der Waals surface area contributed by atoms with E-state index >= 15 is 0 Å². The summed E-state index contributed by atoms with van der Waals surface area (Å²) in [6, 6.07) is 0.548. The molecule has 108 valence electrons. The van der Waals surface area contributed by atoms with E-state index < -0.39 is 0 Å². The summed E-state index contributed by atoms with van der Waals surface area (Å²) in [5, 5.41) is 3.69. The third-order valence-corrected chi connectivity index (χ3v) is 4.71. The minimum atomic E-state index is 0.107. The Hall–Kier alpha value is -0.0800. The number of ether oxygens (including phenoxy) is 1. The molecule has 2 nitrogen and oxygen atoms in total. The zero-order chi connectivity index (χ0) is 13.4. The third kappa shape index (κ3) is 4.24. The molecule has 0 saturated heterocycles. The predicted molar refractivity (Wildman–Crippen MR) is 79.0 cm³/mol. The lowest BCUT2D eigenvalue weighted by molar-refractivity contribution is -0.0765. The average molecular weight is 255 g/mol. The van der Waals surface area contributed by atoms with Crippen LogP contribution in [0.5, 0.6) is 0 Å². The van der Waals surface area contributed by atoms with Gasteiger partial charge in [-0.05, 0) is 44.6 Å². The number of unbranched alkanes of at least 4 members (excludes halogenated alkanes) is 2. The average Bonchev–Trinajstić information content (AvgIpc) is 2.39. The van der Waals surface area contributed by atoms with Crippen molar-refractivity contribution in [2.45, 2.75) is 83.8 Å². The first-order valence-corrected chi connectivity index (χ1v) is 7.97. The van der Waals surface area contributed by atoms with Crippen molar-refractivity contribution in [1.82, 2.24) is 5.32 Å². The van der Waals surface area contributed by atoms with E-state index in [0.29, 0.717) is 6.04 Å². The van der Waals surface area contributed by atoms with Gasteiger partial charge in [-0.15, -0.1) is 0 Å². The Labute approximate surface area is 114 Å². The molecule has 0 spiro atoms. The van der Waals surface area contributed by atoms with Crippen LogP contribution >= 0.6 is 0 Å². The van der Waals surface area contributed by atoms with Crippen LogP contribution in [0.2, 0.25) is 0 Å². The molecule has 1 rings (SSSR count). The molecular weight excluding hydrogens is 222 g/mol. The molecular formula is C16H33NO. The predicted octanol–water partition coefficient (Wildman–Crippen LogP) is 4.14. The molecule has 18 heavy (non-hydrogen) atoms. The first-order valence-electron chi connectivity index (χ1n) is 7.97. The Morgan fingerprint density at radius 2 is 1.89 bits per heavy atom. The Bertz CT molecular complexity index is 209. The fourth-order valence-electron chi connectivity index (χ4n) is 3.34. The summed E-state index contributed by atoms with van der Waals surface area (Å²) in [5.41, 5.74) is 0.107. The summed E-state index contributed by atoms with van der Waals surface area (Å²) in [6.07, 6.45) is 10.3. The number of hydrogen-bond acceptors (Lipinski definition) is 2. The fourth-order valence-corrected chi connectivity index (χ4v) is 3.34. The Kier molecular flexibility index (Phi) is 7.25. The first-order chi connectivity index (χ1) is 8.68. The molecule has 1 aliphatic carbocycles. The summed E-state index contributed by atoms with van der Waals surface area (Å²) < 4.78 is 6.01. The maximum atomic E-state index is 6.01. The second-order valence-electron chi connectivity index (χ2n) is 6.06. The molecule has 0 aromatic carbocycles. The van der Waals surface area contributed by atoms with Gasteiger partial charge in [0.1, 0.15) is 0 Å². The normalized spacial score (nSPS) is 30.3. The van der Waals surface area contributed by atoms with E-state index in [1.54, 1.807) is 0 Å². The van der Waals surface area contributed by atoms with Gasteiger partial charge < -0.3 is 10.1 Å². The SMILES string of the molecule is CCCCCC(NCC)C1(OC)CCC(C)CC1. The number of likely N-dealkylation sites (N-methyl/N-ethyl adjacent to an activating group) is 1. The summed E-state index contributed by atoms with van der Waals surface area (Å²) in [7, 11) is 1.92. The summed E-state index contributed by atoms with van der Waals surface area (Å²) in [6.45, 7) is 7.91. The van der Waals surface area contributed by atoms with Crippen LogP contribution in [0, 0.1) is 5.92 Å². The summed E-state index contributed by atoms with van der Waals surface area (Å²) >= 11 is 0. The van der Waals surface area contributed by atoms with E-state index in [2.05, 4.69) is 26.1 Å². The van der Waals surface area contributed by atoms with Crippen LogP contribution in [0.3, 0.4) is 0 Å². The van der Waals surface area contributed by atoms with Crippen LogP contribution in [0.4, 0.5) is 0 Å². The minimum absolute atomic E-state index is 0.107. The van der Waals surface area contributed by atoms with Gasteiger partial charge in [0.05, 0.1) is 5.60 Å². The highest BCUT2D eigenvalue weighted by Gasteiger charge is 2.40. The molecule has 0 amide bonds. The molecule has 1 fully saturated rings. The van der Waals surface area contributed by atoms with Gasteiger partial charge >= 0.3 is 0 Å². The quantitative estimate of drug-likeness (QED) is 0.658. The van der Waals surface area contributed by atoms with Gasteiger partial charge in [-0.2, -0.15) is 0 Å². The highest BCUT2D eigenvalue weighted by Crippen LogP contribution is 2.38. The van der Waals surface area contributed by atoms with Gasteiger partial charge in [0.2, 0.25) is 0 Å². The molecule has 1 N–H and O–H groups in total. The number of nitrogens with one attached hydrogen (secondary N) is 1. The van der Waals surface area contributed by atoms with Crippen molar-refractivity contribution in [3.05, 3.63) is 0 Å². The Balaban J connectivity index is 2.60. The van der Waals surface area contributed by atoms with Crippen molar-refractivity contribution in [3.8, 4) is 0 Å². The van der Waals surface area contributed by atoms with Gasteiger partial charge in [0.25, 0.3) is 0 Å². The van der Waals surface area contributed by atoms with Crippen LogP contribution in [-0.4, -0.2) is 25.3 Å². The molecule has 1 aliphatic rings. The number of methoxy groups -OCH3 is 1. The van der Waals surface area contributed by atoms with Crippen molar-refractivity contribution < 1.29 is 4.74 Å². The Morgan fingerprint density at radius 1 is 1.22 bits per heavy atom. The van der Waals surface area contributed by atoms with Gasteiger partial charge in [0.15, 0.2) is 0 Å². The fraction of sp³-hybridized carbons (Fsp3) is 1.00. The zero-order valence-electron chi connectivity index (χ0n) is 12.9. The zero-order valence-corrected chi connectivity index (χ0v) is 12.9. The molecule has 1 unspecified atom stereocenters. The molecule has 1 atom stereocenters. The maximum absolute atomic E-state index is 6.01. The van der Waals surface area contributed by atoms with Crippen molar-refractivity contribution in [2.75, 3.05) is 13.7 Å². The second kappa shape index (κ2) is 8.16. The van der Waals surface area contributed by atoms with Crippen LogP contribution in [0.25, 0.3) is 0 Å². The molecule has 0 aromatic heterocycles. The molecule has 0 heterocycles. The minimum Gasteiger partial charge on any atom is -0.377 e. The van der Waals surface area contributed by atoms with Gasteiger partial charge in [-0.25, -0.2) is 0 Å². The van der Waals surface area contributed by atoms with Crippen molar-refractivity contribution in [1.29, 1.82) is 0 Å². The van der Waals surface area contributed by atoms with E-state index in [9.17, 15) is 0 Å². The van der Waals surface area contributed by atoms with Crippen molar-refractivity contribution in [3.63, 3.8) is 0 Å². The van der Waals surface area contributed by atoms with Crippen molar-refractivity contribution >= 4 is 0 Å². The maximum Gasteiger partial charge on any atom is 0.0831 e. The van der Waals surface area contributed by atoms with Gasteiger partial charge in [-0.3, -0.25) is 0 Å². The highest BCUT2D eigenvalue weighted by molar-refractivity contribution is 4.96. The van der Waals surface area contributed by atoms with Gasteiger partial charge in [-0.1, -0.05) is 40.0 Å². The first kappa shape index (κ1) is 16.0. The highest BCUT2D eigenvalue weighted by atomic mass is 16.5. The molecule has 2 heteroatoms. The topological polar surface area (TPSA) is 21.3 Å². The van der Waals surface area contributed by atoms with Gasteiger partial charge in [0, 0.05) is 13.2 Å². The molecule has 0 bridgehead atoms. The lowest BCUT2D eigenvalue weighted by Crippen LogP contribution is -2.53. The largest absolute Gasteiger partial charge is 0.377 e.